The van der Waals surface area contributed by atoms with E-state index < -0.39 is 5.97 Å². The molecular formula is C16H30N2O3. The van der Waals surface area contributed by atoms with E-state index in [1.807, 2.05) is 0 Å². The molecule has 0 spiro atoms. The second-order valence-corrected chi connectivity index (χ2v) is 6.14. The summed E-state index contributed by atoms with van der Waals surface area (Å²) in [5, 5.41) is 14.3. The monoisotopic (exact) mass is 298 g/mol. The molecule has 0 aromatic heterocycles. The second-order valence-electron chi connectivity index (χ2n) is 6.14. The topological polar surface area (TPSA) is 78.4 Å². The molecule has 1 rings (SSSR count). The van der Waals surface area contributed by atoms with Crippen molar-refractivity contribution in [3.8, 4) is 0 Å². The number of carboxylic acid groups (broad SMARTS) is 1. The zero-order valence-corrected chi connectivity index (χ0v) is 13.2. The molecule has 0 saturated heterocycles. The lowest BCUT2D eigenvalue weighted by molar-refractivity contribution is -0.137. The van der Waals surface area contributed by atoms with Crippen LogP contribution in [0, 0.1) is 11.8 Å². The average Bonchev–Trinajstić information content (AvgIpc) is 2.49. The molecule has 3 N–H and O–H groups in total. The van der Waals surface area contributed by atoms with Crippen molar-refractivity contribution in [3.05, 3.63) is 0 Å². The Labute approximate surface area is 127 Å². The fourth-order valence-corrected chi connectivity index (χ4v) is 2.92. The van der Waals surface area contributed by atoms with Gasteiger partial charge in [0, 0.05) is 19.5 Å². The molecule has 5 nitrogen and oxygen atoms in total. The van der Waals surface area contributed by atoms with Crippen molar-refractivity contribution in [2.75, 3.05) is 13.1 Å². The largest absolute Gasteiger partial charge is 0.481 e. The van der Waals surface area contributed by atoms with Gasteiger partial charge in [-0.1, -0.05) is 32.6 Å². The van der Waals surface area contributed by atoms with Crippen LogP contribution in [0.25, 0.3) is 0 Å². The lowest BCUT2D eigenvalue weighted by Gasteiger charge is -2.27. The highest BCUT2D eigenvalue weighted by Crippen LogP contribution is 2.29. The zero-order valence-electron chi connectivity index (χ0n) is 13.2. The van der Waals surface area contributed by atoms with Crippen LogP contribution in [-0.2, 0) is 4.79 Å². The second kappa shape index (κ2) is 10.5. The zero-order chi connectivity index (χ0) is 15.5. The Hall–Kier alpha value is -1.26. The maximum atomic E-state index is 11.6. The predicted molar refractivity (Wildman–Crippen MR) is 83.2 cm³/mol. The highest BCUT2D eigenvalue weighted by molar-refractivity contribution is 5.73. The third-order valence-corrected chi connectivity index (χ3v) is 4.45. The van der Waals surface area contributed by atoms with Crippen LogP contribution in [0.2, 0.25) is 0 Å². The lowest BCUT2D eigenvalue weighted by Crippen LogP contribution is -2.39. The first-order valence-corrected chi connectivity index (χ1v) is 8.35. The summed E-state index contributed by atoms with van der Waals surface area (Å²) in [5.41, 5.74) is 0. The minimum Gasteiger partial charge on any atom is -0.481 e. The highest BCUT2D eigenvalue weighted by atomic mass is 16.4. The fraction of sp³-hybridized carbons (Fsp3) is 0.875. The predicted octanol–water partition coefficient (Wildman–Crippen LogP) is 3.15. The van der Waals surface area contributed by atoms with Gasteiger partial charge in [0.1, 0.15) is 0 Å². The van der Waals surface area contributed by atoms with E-state index in [0.29, 0.717) is 18.9 Å². The van der Waals surface area contributed by atoms with E-state index in [4.69, 9.17) is 5.11 Å². The SMILES string of the molecule is CCC1CCC(CNC(=O)NCCCCCC(=O)O)CC1. The Bertz CT molecular complexity index is 313. The normalized spacial score (nSPS) is 21.8. The summed E-state index contributed by atoms with van der Waals surface area (Å²) in [5.74, 6) is 0.772. The molecule has 1 saturated carbocycles. The molecule has 122 valence electrons. The summed E-state index contributed by atoms with van der Waals surface area (Å²) >= 11 is 0. The summed E-state index contributed by atoms with van der Waals surface area (Å²) < 4.78 is 0. The van der Waals surface area contributed by atoms with Gasteiger partial charge in [-0.2, -0.15) is 0 Å². The van der Waals surface area contributed by atoms with Gasteiger partial charge in [-0.05, 0) is 37.5 Å². The van der Waals surface area contributed by atoms with E-state index in [1.54, 1.807) is 0 Å². The third-order valence-electron chi connectivity index (χ3n) is 4.45. The lowest BCUT2D eigenvalue weighted by atomic mass is 9.81. The van der Waals surface area contributed by atoms with E-state index in [1.165, 1.54) is 32.1 Å². The molecule has 0 bridgehead atoms. The first kappa shape index (κ1) is 17.8. The molecule has 0 aliphatic heterocycles. The van der Waals surface area contributed by atoms with Gasteiger partial charge in [-0.25, -0.2) is 4.79 Å². The number of hydrogen-bond acceptors (Lipinski definition) is 2. The number of urea groups is 1. The van der Waals surface area contributed by atoms with Gasteiger partial charge in [0.2, 0.25) is 0 Å². The number of aliphatic carboxylic acids is 1. The Balaban J connectivity index is 1.95. The van der Waals surface area contributed by atoms with E-state index in [2.05, 4.69) is 17.6 Å². The number of nitrogens with one attached hydrogen (secondary N) is 2. The quantitative estimate of drug-likeness (QED) is 0.572. The standard InChI is InChI=1S/C16H30N2O3/c1-2-13-7-9-14(10-8-13)12-18-16(21)17-11-5-3-4-6-15(19)20/h13-14H,2-12H2,1H3,(H,19,20)(H2,17,18,21). The van der Waals surface area contributed by atoms with Crippen molar-refractivity contribution >= 4 is 12.0 Å². The minimum absolute atomic E-state index is 0.0918. The van der Waals surface area contributed by atoms with Gasteiger partial charge >= 0.3 is 12.0 Å². The molecular weight excluding hydrogens is 268 g/mol. The van der Waals surface area contributed by atoms with Crippen molar-refractivity contribution in [2.45, 2.75) is 64.7 Å². The van der Waals surface area contributed by atoms with Crippen molar-refractivity contribution in [1.82, 2.24) is 10.6 Å². The molecule has 0 heterocycles. The summed E-state index contributed by atoms with van der Waals surface area (Å²) in [6.07, 6.45) is 8.91. The highest BCUT2D eigenvalue weighted by Gasteiger charge is 2.20. The van der Waals surface area contributed by atoms with Gasteiger partial charge in [0.05, 0.1) is 0 Å². The van der Waals surface area contributed by atoms with Gasteiger partial charge < -0.3 is 15.7 Å². The van der Waals surface area contributed by atoms with Crippen molar-refractivity contribution < 1.29 is 14.7 Å². The van der Waals surface area contributed by atoms with Gasteiger partial charge in [-0.3, -0.25) is 4.79 Å². The van der Waals surface area contributed by atoms with Crippen molar-refractivity contribution in [2.24, 2.45) is 11.8 Å². The summed E-state index contributed by atoms with van der Waals surface area (Å²) in [6, 6.07) is -0.0918. The molecule has 21 heavy (non-hydrogen) atoms. The molecule has 0 unspecified atom stereocenters. The third kappa shape index (κ3) is 8.58. The molecule has 1 fully saturated rings. The first-order chi connectivity index (χ1) is 10.1. The van der Waals surface area contributed by atoms with E-state index in [-0.39, 0.29) is 12.5 Å². The van der Waals surface area contributed by atoms with Crippen molar-refractivity contribution in [3.63, 3.8) is 0 Å². The molecule has 1 aliphatic rings. The maximum Gasteiger partial charge on any atom is 0.314 e. The van der Waals surface area contributed by atoms with E-state index in [9.17, 15) is 9.59 Å². The average molecular weight is 298 g/mol. The molecule has 1 aliphatic carbocycles. The van der Waals surface area contributed by atoms with Crippen LogP contribution in [0.5, 0.6) is 0 Å². The van der Waals surface area contributed by atoms with Crippen LogP contribution < -0.4 is 10.6 Å². The van der Waals surface area contributed by atoms with Crippen LogP contribution in [-0.4, -0.2) is 30.2 Å². The van der Waals surface area contributed by atoms with Gasteiger partial charge in [0.25, 0.3) is 0 Å². The number of hydrogen-bond donors (Lipinski definition) is 3. The van der Waals surface area contributed by atoms with Crippen molar-refractivity contribution in [1.29, 1.82) is 0 Å². The number of carbonyl (C=O) groups is 2. The minimum atomic E-state index is -0.751. The number of carboxylic acids is 1. The Morgan fingerprint density at radius 3 is 2.29 bits per heavy atom. The molecule has 2 amide bonds. The smallest absolute Gasteiger partial charge is 0.314 e. The van der Waals surface area contributed by atoms with Crippen LogP contribution in [0.4, 0.5) is 4.79 Å². The number of amides is 2. The molecule has 0 aromatic carbocycles. The van der Waals surface area contributed by atoms with Crippen LogP contribution in [0.15, 0.2) is 0 Å². The van der Waals surface area contributed by atoms with E-state index >= 15 is 0 Å². The Morgan fingerprint density at radius 1 is 1.00 bits per heavy atom. The summed E-state index contributed by atoms with van der Waals surface area (Å²) in [6.45, 7) is 3.66. The molecule has 5 heteroatoms. The van der Waals surface area contributed by atoms with E-state index in [0.717, 1.165) is 25.3 Å². The molecule has 0 atom stereocenters. The van der Waals surface area contributed by atoms with Crippen LogP contribution in [0.3, 0.4) is 0 Å². The Morgan fingerprint density at radius 2 is 1.67 bits per heavy atom. The van der Waals surface area contributed by atoms with Crippen LogP contribution >= 0.6 is 0 Å². The summed E-state index contributed by atoms with van der Waals surface area (Å²) in [4.78, 5) is 22.0. The molecule has 0 aromatic rings. The molecule has 0 radical (unpaired) electrons. The van der Waals surface area contributed by atoms with Gasteiger partial charge in [-0.15, -0.1) is 0 Å². The Kier molecular flexibility index (Phi) is 8.87. The van der Waals surface area contributed by atoms with Crippen LogP contribution in [0.1, 0.15) is 64.7 Å². The summed E-state index contributed by atoms with van der Waals surface area (Å²) in [7, 11) is 0. The number of unbranched alkanes of at least 4 members (excludes halogenated alkanes) is 2. The van der Waals surface area contributed by atoms with Gasteiger partial charge in [0.15, 0.2) is 0 Å². The number of rotatable bonds is 9. The fourth-order valence-electron chi connectivity index (χ4n) is 2.92. The maximum absolute atomic E-state index is 11.6. The first-order valence-electron chi connectivity index (χ1n) is 8.35. The number of carbonyl (C=O) groups excluding carboxylic acids is 1.